The molecule has 0 aliphatic carbocycles. The van der Waals surface area contributed by atoms with Crippen LogP contribution in [-0.4, -0.2) is 48.9 Å². The molecule has 1 saturated heterocycles. The first-order valence-electron chi connectivity index (χ1n) is 14.7. The molecule has 3 nitrogen and oxygen atoms in total. The number of piperazine rings is 1. The molecule has 0 saturated carbocycles. The van der Waals surface area contributed by atoms with Gasteiger partial charge in [-0.15, -0.1) is 0 Å². The van der Waals surface area contributed by atoms with Crippen LogP contribution in [0.1, 0.15) is 148 Å². The summed E-state index contributed by atoms with van der Waals surface area (Å²) in [6, 6.07) is 0. The minimum absolute atomic E-state index is 0.385. The number of rotatable bonds is 22. The highest BCUT2D eigenvalue weighted by atomic mass is 16.2. The van der Waals surface area contributed by atoms with Crippen LogP contribution in [-0.2, 0) is 4.79 Å². The van der Waals surface area contributed by atoms with E-state index in [-0.39, 0.29) is 0 Å². The van der Waals surface area contributed by atoms with Crippen molar-refractivity contribution in [2.24, 2.45) is 0 Å². The van der Waals surface area contributed by atoms with Crippen LogP contribution in [0.15, 0.2) is 0 Å². The lowest BCUT2D eigenvalue weighted by Crippen LogP contribution is -2.47. The fourth-order valence-electron chi connectivity index (χ4n) is 4.92. The maximum Gasteiger partial charge on any atom is 0.222 e. The van der Waals surface area contributed by atoms with Crippen molar-refractivity contribution in [3.63, 3.8) is 0 Å². The van der Waals surface area contributed by atoms with Gasteiger partial charge in [0.1, 0.15) is 0 Å². The minimum atomic E-state index is 0.385. The van der Waals surface area contributed by atoms with Gasteiger partial charge in [0.15, 0.2) is 0 Å². The molecule has 0 N–H and O–H groups in total. The minimum Gasteiger partial charge on any atom is -0.340 e. The Morgan fingerprint density at radius 3 is 1.16 bits per heavy atom. The van der Waals surface area contributed by atoms with E-state index < -0.39 is 0 Å². The number of carbonyl (C=O) groups is 1. The normalized spacial score (nSPS) is 14.9. The molecule has 0 aromatic carbocycles. The summed E-state index contributed by atoms with van der Waals surface area (Å²) in [5, 5.41) is 0. The second-order valence-corrected chi connectivity index (χ2v) is 10.5. The molecule has 1 amide bonds. The van der Waals surface area contributed by atoms with Crippen molar-refractivity contribution < 1.29 is 4.79 Å². The van der Waals surface area contributed by atoms with Gasteiger partial charge in [0, 0.05) is 32.6 Å². The van der Waals surface area contributed by atoms with Crippen LogP contribution in [0.5, 0.6) is 0 Å². The molecule has 190 valence electrons. The smallest absolute Gasteiger partial charge is 0.222 e. The molecule has 32 heavy (non-hydrogen) atoms. The Morgan fingerprint density at radius 1 is 0.500 bits per heavy atom. The lowest BCUT2D eigenvalue weighted by atomic mass is 10.0. The Hall–Kier alpha value is -0.570. The molecular weight excluding hydrogens is 392 g/mol. The van der Waals surface area contributed by atoms with Gasteiger partial charge in [-0.2, -0.15) is 0 Å². The summed E-state index contributed by atoms with van der Waals surface area (Å²) in [7, 11) is 2.14. The van der Waals surface area contributed by atoms with E-state index in [2.05, 4.69) is 23.8 Å². The van der Waals surface area contributed by atoms with Crippen molar-refractivity contribution in [3.05, 3.63) is 0 Å². The van der Waals surface area contributed by atoms with Crippen molar-refractivity contribution >= 4 is 5.91 Å². The Balaban J connectivity index is 1.70. The molecule has 0 spiro atoms. The standard InChI is InChI=1S/C29H58N2O/c1-3-4-5-6-7-8-9-10-11-12-13-14-15-16-17-18-19-20-21-22-23-24-29(32)31-27-25-30(2)26-28-31/h3-28H2,1-2H3. The summed E-state index contributed by atoms with van der Waals surface area (Å²) in [5.41, 5.74) is 0. The Bertz CT molecular complexity index is 404. The summed E-state index contributed by atoms with van der Waals surface area (Å²) in [5.74, 6) is 0.385. The number of nitrogens with zero attached hydrogens (tertiary/aromatic N) is 2. The van der Waals surface area contributed by atoms with Gasteiger partial charge >= 0.3 is 0 Å². The molecule has 1 fully saturated rings. The van der Waals surface area contributed by atoms with Gasteiger partial charge in [-0.05, 0) is 13.5 Å². The molecule has 1 aliphatic rings. The lowest BCUT2D eigenvalue weighted by Gasteiger charge is -2.32. The SMILES string of the molecule is CCCCCCCCCCCCCCCCCCCCCCCC(=O)N1CCN(C)CC1. The van der Waals surface area contributed by atoms with Gasteiger partial charge in [0.05, 0.1) is 0 Å². The number of likely N-dealkylation sites (N-methyl/N-ethyl adjacent to an activating group) is 1. The maximum atomic E-state index is 12.2. The van der Waals surface area contributed by atoms with Gasteiger partial charge < -0.3 is 9.80 Å². The number of hydrogen-bond donors (Lipinski definition) is 0. The van der Waals surface area contributed by atoms with Crippen LogP contribution in [0.4, 0.5) is 0 Å². The summed E-state index contributed by atoms with van der Waals surface area (Å²) in [4.78, 5) is 16.6. The van der Waals surface area contributed by atoms with Gasteiger partial charge in [-0.25, -0.2) is 0 Å². The molecule has 0 bridgehead atoms. The predicted octanol–water partition coefficient (Wildman–Crippen LogP) is 8.36. The van der Waals surface area contributed by atoms with Crippen LogP contribution in [0, 0.1) is 0 Å². The number of unbranched alkanes of at least 4 members (excludes halogenated alkanes) is 20. The first-order chi connectivity index (χ1) is 15.7. The van der Waals surface area contributed by atoms with Gasteiger partial charge in [-0.3, -0.25) is 4.79 Å². The molecule has 0 radical (unpaired) electrons. The fourth-order valence-corrected chi connectivity index (χ4v) is 4.92. The second-order valence-electron chi connectivity index (χ2n) is 10.5. The summed E-state index contributed by atoms with van der Waals surface area (Å²) >= 11 is 0. The molecule has 0 aromatic rings. The molecule has 0 atom stereocenters. The van der Waals surface area contributed by atoms with Crippen LogP contribution in [0.25, 0.3) is 0 Å². The predicted molar refractivity (Wildman–Crippen MR) is 141 cm³/mol. The fraction of sp³-hybridized carbons (Fsp3) is 0.966. The maximum absolute atomic E-state index is 12.2. The Kier molecular flexibility index (Phi) is 20.5. The summed E-state index contributed by atoms with van der Waals surface area (Å²) in [6.45, 7) is 6.21. The van der Waals surface area contributed by atoms with Gasteiger partial charge in [0.2, 0.25) is 5.91 Å². The van der Waals surface area contributed by atoms with Crippen LogP contribution in [0.2, 0.25) is 0 Å². The van der Waals surface area contributed by atoms with E-state index in [1.54, 1.807) is 0 Å². The molecule has 1 heterocycles. The van der Waals surface area contributed by atoms with Crippen molar-refractivity contribution in [1.82, 2.24) is 9.80 Å². The molecule has 0 unspecified atom stereocenters. The van der Waals surface area contributed by atoms with Gasteiger partial charge in [-0.1, -0.05) is 135 Å². The van der Waals surface area contributed by atoms with Crippen molar-refractivity contribution in [3.8, 4) is 0 Å². The van der Waals surface area contributed by atoms with E-state index in [1.165, 1.54) is 128 Å². The zero-order valence-corrected chi connectivity index (χ0v) is 22.2. The quantitative estimate of drug-likeness (QED) is 0.155. The highest BCUT2D eigenvalue weighted by Gasteiger charge is 2.18. The largest absolute Gasteiger partial charge is 0.340 e. The van der Waals surface area contributed by atoms with E-state index in [4.69, 9.17) is 0 Å². The topological polar surface area (TPSA) is 23.6 Å². The van der Waals surface area contributed by atoms with Crippen LogP contribution < -0.4 is 0 Å². The Morgan fingerprint density at radius 2 is 0.812 bits per heavy atom. The highest BCUT2D eigenvalue weighted by Crippen LogP contribution is 2.15. The van der Waals surface area contributed by atoms with E-state index in [1.807, 2.05) is 0 Å². The first kappa shape index (κ1) is 29.5. The summed E-state index contributed by atoms with van der Waals surface area (Å²) < 4.78 is 0. The molecule has 1 aliphatic heterocycles. The third kappa shape index (κ3) is 17.9. The highest BCUT2D eigenvalue weighted by molar-refractivity contribution is 5.76. The molecule has 1 rings (SSSR count). The van der Waals surface area contributed by atoms with Crippen molar-refractivity contribution in [2.45, 2.75) is 148 Å². The first-order valence-corrected chi connectivity index (χ1v) is 14.7. The second kappa shape index (κ2) is 22.2. The molecule has 3 heteroatoms. The molecular formula is C29H58N2O. The van der Waals surface area contributed by atoms with E-state index in [9.17, 15) is 4.79 Å². The zero-order chi connectivity index (χ0) is 23.1. The Labute approximate surface area is 202 Å². The van der Waals surface area contributed by atoms with Crippen LogP contribution in [0.3, 0.4) is 0 Å². The van der Waals surface area contributed by atoms with Crippen molar-refractivity contribution in [2.75, 3.05) is 33.2 Å². The number of amides is 1. The monoisotopic (exact) mass is 450 g/mol. The average Bonchev–Trinajstić information content (AvgIpc) is 2.80. The third-order valence-corrected chi connectivity index (χ3v) is 7.35. The van der Waals surface area contributed by atoms with Crippen LogP contribution >= 0.6 is 0 Å². The van der Waals surface area contributed by atoms with E-state index >= 15 is 0 Å². The number of hydrogen-bond acceptors (Lipinski definition) is 2. The zero-order valence-electron chi connectivity index (χ0n) is 22.2. The van der Waals surface area contributed by atoms with Crippen molar-refractivity contribution in [1.29, 1.82) is 0 Å². The van der Waals surface area contributed by atoms with E-state index in [0.29, 0.717) is 5.91 Å². The average molecular weight is 451 g/mol. The lowest BCUT2D eigenvalue weighted by molar-refractivity contribution is -0.132. The summed E-state index contributed by atoms with van der Waals surface area (Å²) in [6.07, 6.45) is 30.3. The molecule has 0 aromatic heterocycles. The number of carbonyl (C=O) groups excluding carboxylic acids is 1. The van der Waals surface area contributed by atoms with E-state index in [0.717, 1.165) is 39.0 Å². The van der Waals surface area contributed by atoms with Gasteiger partial charge in [0.25, 0.3) is 0 Å². The third-order valence-electron chi connectivity index (χ3n) is 7.35.